The number of rotatable bonds is 8. The first-order chi connectivity index (χ1) is 12.6. The molecule has 0 aliphatic rings. The predicted octanol–water partition coefficient (Wildman–Crippen LogP) is 4.17. The first-order valence-corrected chi connectivity index (χ1v) is 9.19. The number of hydrogen-bond donors (Lipinski definition) is 2. The number of halogens is 1. The molecule has 0 aliphatic heterocycles. The highest BCUT2D eigenvalue weighted by Crippen LogP contribution is 2.09. The van der Waals surface area contributed by atoms with E-state index in [2.05, 4.69) is 51.8 Å². The van der Waals surface area contributed by atoms with Crippen LogP contribution < -0.4 is 15.4 Å². The molecule has 1 aromatic carbocycles. The summed E-state index contributed by atoms with van der Waals surface area (Å²) in [7, 11) is 1.79. The fraction of sp³-hybridized carbons (Fsp3) is 0.429. The van der Waals surface area contributed by atoms with Crippen molar-refractivity contribution in [3.63, 3.8) is 0 Å². The van der Waals surface area contributed by atoms with Crippen LogP contribution in [-0.2, 0) is 13.0 Å². The molecule has 2 aromatic rings. The lowest BCUT2D eigenvalue weighted by atomic mass is 10.1. The van der Waals surface area contributed by atoms with E-state index in [1.54, 1.807) is 7.05 Å². The van der Waals surface area contributed by atoms with Crippen molar-refractivity contribution in [1.82, 2.24) is 15.6 Å². The summed E-state index contributed by atoms with van der Waals surface area (Å²) >= 11 is 0. The van der Waals surface area contributed by atoms with Crippen molar-refractivity contribution < 1.29 is 4.74 Å². The molecular weight excluding hydrogens is 451 g/mol. The number of aromatic nitrogens is 1. The van der Waals surface area contributed by atoms with Crippen LogP contribution in [0.25, 0.3) is 0 Å². The van der Waals surface area contributed by atoms with Gasteiger partial charge in [-0.05, 0) is 44.7 Å². The van der Waals surface area contributed by atoms with Crippen LogP contribution in [0.4, 0.5) is 0 Å². The third-order valence-electron chi connectivity index (χ3n) is 3.93. The zero-order valence-corrected chi connectivity index (χ0v) is 18.9. The summed E-state index contributed by atoms with van der Waals surface area (Å²) in [6, 6.07) is 14.8. The van der Waals surface area contributed by atoms with Crippen molar-refractivity contribution in [3.05, 3.63) is 59.8 Å². The lowest BCUT2D eigenvalue weighted by molar-refractivity contribution is 0.232. The van der Waals surface area contributed by atoms with Gasteiger partial charge >= 0.3 is 0 Å². The zero-order chi connectivity index (χ0) is 18.8. The van der Waals surface area contributed by atoms with Crippen LogP contribution in [0.1, 0.15) is 38.3 Å². The lowest BCUT2D eigenvalue weighted by Gasteiger charge is -2.18. The fourth-order valence-corrected chi connectivity index (χ4v) is 2.54. The van der Waals surface area contributed by atoms with E-state index in [4.69, 9.17) is 4.74 Å². The molecule has 148 valence electrons. The van der Waals surface area contributed by atoms with Crippen LogP contribution in [0.2, 0.25) is 0 Å². The molecule has 1 atom stereocenters. The summed E-state index contributed by atoms with van der Waals surface area (Å²) in [5.74, 6) is 1.45. The molecule has 0 radical (unpaired) electrons. The van der Waals surface area contributed by atoms with Gasteiger partial charge in [0.15, 0.2) is 5.96 Å². The number of aryl methyl sites for hydroxylation is 1. The number of benzene rings is 1. The molecule has 27 heavy (non-hydrogen) atoms. The third-order valence-corrected chi connectivity index (χ3v) is 3.93. The lowest BCUT2D eigenvalue weighted by Crippen LogP contribution is -2.42. The number of aliphatic imine (C=N–C) groups is 1. The summed E-state index contributed by atoms with van der Waals surface area (Å²) in [6.07, 6.45) is 4.06. The van der Waals surface area contributed by atoms with Gasteiger partial charge in [-0.2, -0.15) is 0 Å². The average molecular weight is 482 g/mol. The Kier molecular flexibility index (Phi) is 10.8. The first kappa shape index (κ1) is 23.2. The van der Waals surface area contributed by atoms with E-state index < -0.39 is 0 Å². The van der Waals surface area contributed by atoms with Crippen molar-refractivity contribution >= 4 is 29.9 Å². The first-order valence-electron chi connectivity index (χ1n) is 9.19. The highest BCUT2D eigenvalue weighted by atomic mass is 127. The predicted molar refractivity (Wildman–Crippen MR) is 123 cm³/mol. The Labute approximate surface area is 180 Å². The largest absolute Gasteiger partial charge is 0.475 e. The van der Waals surface area contributed by atoms with Gasteiger partial charge in [0.2, 0.25) is 5.88 Å². The summed E-state index contributed by atoms with van der Waals surface area (Å²) in [5, 5.41) is 6.77. The zero-order valence-electron chi connectivity index (χ0n) is 16.6. The Hall–Kier alpha value is -1.83. The molecule has 0 bridgehead atoms. The normalized spacial score (nSPS) is 12.3. The molecular formula is C21H31IN4O. The highest BCUT2D eigenvalue weighted by Gasteiger charge is 2.06. The Morgan fingerprint density at radius 2 is 1.81 bits per heavy atom. The van der Waals surface area contributed by atoms with Gasteiger partial charge in [0, 0.05) is 31.9 Å². The molecule has 1 aromatic heterocycles. The van der Waals surface area contributed by atoms with E-state index in [-0.39, 0.29) is 30.1 Å². The Morgan fingerprint density at radius 3 is 2.41 bits per heavy atom. The second kappa shape index (κ2) is 12.5. The molecule has 1 unspecified atom stereocenters. The molecule has 6 heteroatoms. The van der Waals surface area contributed by atoms with E-state index in [0.717, 1.165) is 24.4 Å². The number of nitrogens with one attached hydrogen (secondary N) is 2. The minimum atomic E-state index is 0. The summed E-state index contributed by atoms with van der Waals surface area (Å²) in [4.78, 5) is 8.63. The van der Waals surface area contributed by atoms with Crippen LogP contribution in [0.15, 0.2) is 53.7 Å². The number of guanidine groups is 1. The molecule has 0 amide bonds. The maximum Gasteiger partial charge on any atom is 0.213 e. The Morgan fingerprint density at radius 1 is 1.07 bits per heavy atom. The van der Waals surface area contributed by atoms with Crippen molar-refractivity contribution in [2.24, 2.45) is 4.99 Å². The maximum absolute atomic E-state index is 5.56. The monoisotopic (exact) mass is 482 g/mol. The third kappa shape index (κ3) is 9.08. The maximum atomic E-state index is 5.56. The highest BCUT2D eigenvalue weighted by molar-refractivity contribution is 14.0. The van der Waals surface area contributed by atoms with E-state index >= 15 is 0 Å². The molecule has 0 spiro atoms. The van der Waals surface area contributed by atoms with E-state index in [9.17, 15) is 0 Å². The van der Waals surface area contributed by atoms with Gasteiger partial charge in [-0.3, -0.25) is 4.99 Å². The Balaban J connectivity index is 0.00000364. The van der Waals surface area contributed by atoms with Gasteiger partial charge in [0.1, 0.15) is 0 Å². The number of hydrogen-bond acceptors (Lipinski definition) is 3. The SMILES string of the molecule is CN=C(NCc1ccc(OC(C)C)nc1)NC(C)CCc1ccccc1.I. The Bertz CT molecular complexity index is 674. The molecule has 2 N–H and O–H groups in total. The topological polar surface area (TPSA) is 58.5 Å². The molecule has 1 heterocycles. The van der Waals surface area contributed by atoms with Gasteiger partial charge in [-0.1, -0.05) is 36.4 Å². The second-order valence-corrected chi connectivity index (χ2v) is 6.67. The summed E-state index contributed by atoms with van der Waals surface area (Å²) in [5.41, 5.74) is 2.44. The van der Waals surface area contributed by atoms with Crippen molar-refractivity contribution in [2.75, 3.05) is 7.05 Å². The van der Waals surface area contributed by atoms with Gasteiger partial charge in [-0.15, -0.1) is 24.0 Å². The summed E-state index contributed by atoms with van der Waals surface area (Å²) < 4.78 is 5.56. The molecule has 0 saturated heterocycles. The van der Waals surface area contributed by atoms with Gasteiger partial charge < -0.3 is 15.4 Å². The van der Waals surface area contributed by atoms with Crippen LogP contribution in [0, 0.1) is 0 Å². The minimum Gasteiger partial charge on any atom is -0.475 e. The molecule has 2 rings (SSSR count). The number of nitrogens with zero attached hydrogens (tertiary/aromatic N) is 2. The minimum absolute atomic E-state index is 0. The fourth-order valence-electron chi connectivity index (χ4n) is 2.54. The van der Waals surface area contributed by atoms with E-state index in [0.29, 0.717) is 18.5 Å². The molecule has 0 fully saturated rings. The van der Waals surface area contributed by atoms with Crippen LogP contribution in [0.5, 0.6) is 5.88 Å². The van der Waals surface area contributed by atoms with Gasteiger partial charge in [-0.25, -0.2) is 4.98 Å². The second-order valence-electron chi connectivity index (χ2n) is 6.67. The van der Waals surface area contributed by atoms with E-state index in [1.807, 2.05) is 38.2 Å². The van der Waals surface area contributed by atoms with Crippen LogP contribution in [-0.4, -0.2) is 30.1 Å². The average Bonchev–Trinajstić information content (AvgIpc) is 2.65. The number of pyridine rings is 1. The number of ether oxygens (including phenoxy) is 1. The van der Waals surface area contributed by atoms with Gasteiger partial charge in [0.25, 0.3) is 0 Å². The van der Waals surface area contributed by atoms with Crippen molar-refractivity contribution in [1.29, 1.82) is 0 Å². The molecule has 0 saturated carbocycles. The van der Waals surface area contributed by atoms with Crippen molar-refractivity contribution in [2.45, 2.75) is 52.3 Å². The van der Waals surface area contributed by atoms with Crippen LogP contribution in [0.3, 0.4) is 0 Å². The standard InChI is InChI=1S/C21H30N4O.HI/c1-16(2)26-20-13-12-19(14-23-20)15-24-21(22-4)25-17(3)10-11-18-8-6-5-7-9-18;/h5-9,12-14,16-17H,10-11,15H2,1-4H3,(H2,22,24,25);1H. The molecule has 5 nitrogen and oxygen atoms in total. The smallest absolute Gasteiger partial charge is 0.213 e. The summed E-state index contributed by atoms with van der Waals surface area (Å²) in [6.45, 7) is 6.83. The van der Waals surface area contributed by atoms with Gasteiger partial charge in [0.05, 0.1) is 6.10 Å². The quantitative estimate of drug-likeness (QED) is 0.337. The molecule has 0 aliphatic carbocycles. The van der Waals surface area contributed by atoms with Crippen LogP contribution >= 0.6 is 24.0 Å². The van der Waals surface area contributed by atoms with E-state index in [1.165, 1.54) is 5.56 Å². The van der Waals surface area contributed by atoms with Crippen molar-refractivity contribution in [3.8, 4) is 5.88 Å².